The molecule has 0 saturated carbocycles. The van der Waals surface area contributed by atoms with Crippen LogP contribution in [0.5, 0.6) is 0 Å². The Morgan fingerprint density at radius 2 is 2.14 bits per heavy atom. The molecule has 0 spiro atoms. The number of thioether (sulfide) groups is 1. The van der Waals surface area contributed by atoms with E-state index >= 15 is 0 Å². The van der Waals surface area contributed by atoms with Crippen molar-refractivity contribution in [2.24, 2.45) is 7.05 Å². The van der Waals surface area contributed by atoms with Crippen LogP contribution in [-0.2, 0) is 16.6 Å². The second-order valence-corrected chi connectivity index (χ2v) is 8.26. The maximum atomic E-state index is 12.4. The van der Waals surface area contributed by atoms with Crippen molar-refractivity contribution in [3.63, 3.8) is 0 Å². The minimum Gasteiger partial charge on any atom is -0.462 e. The van der Waals surface area contributed by atoms with E-state index in [1.165, 1.54) is 11.8 Å². The normalized spacial score (nSPS) is 10.7. The average molecular weight is 429 g/mol. The van der Waals surface area contributed by atoms with Crippen LogP contribution in [0.1, 0.15) is 34.1 Å². The standard InChI is InChI=1S/C20H20N4O3S2/c1-4-27-19(26)17-12(2)13(11-21)18(29-17)23-16(25)9-10-28-20-22-14-7-5-6-8-15(14)24(20)3/h5-8H,4,9-10H2,1-3H3,(H,23,25). The lowest BCUT2D eigenvalue weighted by Gasteiger charge is -2.04. The highest BCUT2D eigenvalue weighted by Gasteiger charge is 2.22. The molecule has 0 saturated heterocycles. The maximum absolute atomic E-state index is 12.4. The highest BCUT2D eigenvalue weighted by Crippen LogP contribution is 2.33. The molecule has 0 fully saturated rings. The topological polar surface area (TPSA) is 97.0 Å². The van der Waals surface area contributed by atoms with Crippen LogP contribution in [0.25, 0.3) is 11.0 Å². The van der Waals surface area contributed by atoms with Gasteiger partial charge in [-0.15, -0.1) is 11.3 Å². The number of nitriles is 1. The molecule has 150 valence electrons. The lowest BCUT2D eigenvalue weighted by atomic mass is 10.2. The molecule has 1 aromatic carbocycles. The highest BCUT2D eigenvalue weighted by atomic mass is 32.2. The number of amides is 1. The van der Waals surface area contributed by atoms with Crippen LogP contribution in [0.3, 0.4) is 0 Å². The third-order valence-corrected chi connectivity index (χ3v) is 6.50. The number of thiophene rings is 1. The Labute approximate surface area is 176 Å². The molecule has 0 aliphatic heterocycles. The second kappa shape index (κ2) is 9.11. The number of carbonyl (C=O) groups excluding carboxylic acids is 2. The van der Waals surface area contributed by atoms with E-state index in [1.807, 2.05) is 35.9 Å². The van der Waals surface area contributed by atoms with Gasteiger partial charge in [0.1, 0.15) is 15.9 Å². The number of nitrogens with one attached hydrogen (secondary N) is 1. The number of esters is 1. The molecule has 3 aromatic rings. The third-order valence-electron chi connectivity index (χ3n) is 4.28. The van der Waals surface area contributed by atoms with Crippen LogP contribution < -0.4 is 5.32 Å². The Kier molecular flexibility index (Phi) is 6.56. The number of carbonyl (C=O) groups is 2. The molecular weight excluding hydrogens is 408 g/mol. The van der Waals surface area contributed by atoms with Crippen molar-refractivity contribution in [1.29, 1.82) is 5.26 Å². The van der Waals surface area contributed by atoms with Gasteiger partial charge >= 0.3 is 5.97 Å². The van der Waals surface area contributed by atoms with E-state index in [0.29, 0.717) is 26.8 Å². The van der Waals surface area contributed by atoms with Gasteiger partial charge in [0, 0.05) is 19.2 Å². The van der Waals surface area contributed by atoms with Gasteiger partial charge < -0.3 is 14.6 Å². The summed E-state index contributed by atoms with van der Waals surface area (Å²) in [6.45, 7) is 3.65. The van der Waals surface area contributed by atoms with E-state index in [0.717, 1.165) is 27.5 Å². The molecule has 9 heteroatoms. The Morgan fingerprint density at radius 1 is 1.38 bits per heavy atom. The molecule has 0 unspecified atom stereocenters. The van der Waals surface area contributed by atoms with Gasteiger partial charge in [0.25, 0.3) is 0 Å². The smallest absolute Gasteiger partial charge is 0.348 e. The fourth-order valence-electron chi connectivity index (χ4n) is 2.80. The fourth-order valence-corrected chi connectivity index (χ4v) is 4.80. The van der Waals surface area contributed by atoms with E-state index in [1.54, 1.807) is 13.8 Å². The van der Waals surface area contributed by atoms with Gasteiger partial charge in [-0.1, -0.05) is 23.9 Å². The van der Waals surface area contributed by atoms with Crippen molar-refractivity contribution in [1.82, 2.24) is 9.55 Å². The number of para-hydroxylation sites is 2. The van der Waals surface area contributed by atoms with Crippen LogP contribution in [0.15, 0.2) is 29.4 Å². The van der Waals surface area contributed by atoms with Crippen LogP contribution in [0.4, 0.5) is 5.00 Å². The van der Waals surface area contributed by atoms with E-state index < -0.39 is 5.97 Å². The van der Waals surface area contributed by atoms with E-state index in [9.17, 15) is 14.9 Å². The number of ether oxygens (including phenoxy) is 1. The van der Waals surface area contributed by atoms with Crippen LogP contribution in [0.2, 0.25) is 0 Å². The van der Waals surface area contributed by atoms with E-state index in [-0.39, 0.29) is 18.9 Å². The predicted octanol–water partition coefficient (Wildman–Crippen LogP) is 4.11. The number of imidazole rings is 1. The Bertz CT molecular complexity index is 1110. The number of aryl methyl sites for hydroxylation is 1. The largest absolute Gasteiger partial charge is 0.462 e. The predicted molar refractivity (Wildman–Crippen MR) is 114 cm³/mol. The highest BCUT2D eigenvalue weighted by molar-refractivity contribution is 7.99. The van der Waals surface area contributed by atoms with Crippen molar-refractivity contribution in [2.75, 3.05) is 17.7 Å². The summed E-state index contributed by atoms with van der Waals surface area (Å²) in [5.41, 5.74) is 2.79. The molecule has 3 rings (SSSR count). The lowest BCUT2D eigenvalue weighted by molar-refractivity contribution is -0.115. The summed E-state index contributed by atoms with van der Waals surface area (Å²) in [6.07, 6.45) is 0.254. The molecule has 0 aliphatic carbocycles. The molecule has 0 radical (unpaired) electrons. The minimum atomic E-state index is -0.482. The summed E-state index contributed by atoms with van der Waals surface area (Å²) in [5.74, 6) is -0.159. The second-order valence-electron chi connectivity index (χ2n) is 6.18. The monoisotopic (exact) mass is 428 g/mol. The summed E-state index contributed by atoms with van der Waals surface area (Å²) >= 11 is 2.57. The molecule has 1 N–H and O–H groups in total. The van der Waals surface area contributed by atoms with Crippen molar-refractivity contribution < 1.29 is 14.3 Å². The average Bonchev–Trinajstić information content (AvgIpc) is 3.19. The Morgan fingerprint density at radius 3 is 2.83 bits per heavy atom. The summed E-state index contributed by atoms with van der Waals surface area (Å²) in [6, 6.07) is 9.92. The van der Waals surface area contributed by atoms with Gasteiger partial charge in [-0.3, -0.25) is 4.79 Å². The van der Waals surface area contributed by atoms with Gasteiger partial charge in [-0.2, -0.15) is 5.26 Å². The Balaban J connectivity index is 1.63. The molecule has 1 amide bonds. The zero-order valence-corrected chi connectivity index (χ0v) is 17.9. The first kappa shape index (κ1) is 20.9. The molecular formula is C20H20N4O3S2. The number of hydrogen-bond donors (Lipinski definition) is 1. The summed E-state index contributed by atoms with van der Waals surface area (Å²) < 4.78 is 7.01. The molecule has 0 atom stereocenters. The SMILES string of the molecule is CCOC(=O)c1sc(NC(=O)CCSc2nc3ccccc3n2C)c(C#N)c1C. The van der Waals surface area contributed by atoms with Crippen molar-refractivity contribution in [2.45, 2.75) is 25.4 Å². The minimum absolute atomic E-state index is 0.218. The van der Waals surface area contributed by atoms with E-state index in [2.05, 4.69) is 16.4 Å². The number of aromatic nitrogens is 2. The third kappa shape index (κ3) is 4.44. The molecule has 0 aliphatic rings. The lowest BCUT2D eigenvalue weighted by Crippen LogP contribution is -2.12. The van der Waals surface area contributed by atoms with Gasteiger partial charge in [-0.05, 0) is 31.5 Å². The summed E-state index contributed by atoms with van der Waals surface area (Å²) in [4.78, 5) is 29.3. The summed E-state index contributed by atoms with van der Waals surface area (Å²) in [7, 11) is 1.95. The molecule has 7 nitrogen and oxygen atoms in total. The first-order chi connectivity index (χ1) is 14.0. The van der Waals surface area contributed by atoms with Crippen molar-refractivity contribution in [3.8, 4) is 6.07 Å². The van der Waals surface area contributed by atoms with Gasteiger partial charge in [0.05, 0.1) is 23.2 Å². The number of nitrogens with zero attached hydrogens (tertiary/aromatic N) is 3. The first-order valence-electron chi connectivity index (χ1n) is 9.01. The number of fused-ring (bicyclic) bond motifs is 1. The van der Waals surface area contributed by atoms with Crippen molar-refractivity contribution >= 4 is 51.0 Å². The number of hydrogen-bond acceptors (Lipinski definition) is 7. The Hall–Kier alpha value is -2.83. The van der Waals surface area contributed by atoms with Crippen LogP contribution in [-0.4, -0.2) is 33.8 Å². The van der Waals surface area contributed by atoms with E-state index in [4.69, 9.17) is 4.74 Å². The number of benzene rings is 1. The maximum Gasteiger partial charge on any atom is 0.348 e. The van der Waals surface area contributed by atoms with Crippen LogP contribution >= 0.6 is 23.1 Å². The van der Waals surface area contributed by atoms with Crippen LogP contribution in [0, 0.1) is 18.3 Å². The molecule has 29 heavy (non-hydrogen) atoms. The number of anilines is 1. The quantitative estimate of drug-likeness (QED) is 0.449. The van der Waals surface area contributed by atoms with Gasteiger partial charge in [-0.25, -0.2) is 9.78 Å². The molecule has 2 aromatic heterocycles. The fraction of sp³-hybridized carbons (Fsp3) is 0.300. The molecule has 0 bridgehead atoms. The van der Waals surface area contributed by atoms with Crippen molar-refractivity contribution in [3.05, 3.63) is 40.3 Å². The molecule has 2 heterocycles. The zero-order chi connectivity index (χ0) is 21.0. The van der Waals surface area contributed by atoms with Gasteiger partial charge in [0.2, 0.25) is 5.91 Å². The summed E-state index contributed by atoms with van der Waals surface area (Å²) in [5, 5.41) is 13.4. The number of rotatable bonds is 7. The van der Waals surface area contributed by atoms with Gasteiger partial charge in [0.15, 0.2) is 5.16 Å². The zero-order valence-electron chi connectivity index (χ0n) is 16.3. The first-order valence-corrected chi connectivity index (χ1v) is 10.8.